The van der Waals surface area contributed by atoms with Crippen LogP contribution in [0.2, 0.25) is 0 Å². The number of carbonyl (C=O) groups excluding carboxylic acids is 2. The summed E-state index contributed by atoms with van der Waals surface area (Å²) in [7, 11) is 0. The summed E-state index contributed by atoms with van der Waals surface area (Å²) in [6.07, 6.45) is 0.674. The Morgan fingerprint density at radius 2 is 1.89 bits per heavy atom. The Labute approximate surface area is 107 Å². The van der Waals surface area contributed by atoms with Crippen LogP contribution in [0.3, 0.4) is 0 Å². The number of rotatable bonds is 4. The number of likely N-dealkylation sites (tertiary alicyclic amines) is 1. The number of nitrogens with zero attached hydrogens (tertiary/aromatic N) is 1. The molecule has 0 bridgehead atoms. The molecule has 2 unspecified atom stereocenters. The number of carbonyl (C=O) groups is 2. The maximum atomic E-state index is 11.6. The summed E-state index contributed by atoms with van der Waals surface area (Å²) in [4.78, 5) is 24.6. The van der Waals surface area contributed by atoms with Gasteiger partial charge in [-0.25, -0.2) is 4.79 Å². The molecule has 1 heterocycles. The van der Waals surface area contributed by atoms with E-state index < -0.39 is 0 Å². The highest BCUT2D eigenvalue weighted by molar-refractivity contribution is 5.70. The van der Waals surface area contributed by atoms with E-state index in [9.17, 15) is 9.59 Å². The lowest BCUT2D eigenvalue weighted by Gasteiger charge is -2.35. The quantitative estimate of drug-likeness (QED) is 0.752. The van der Waals surface area contributed by atoms with Gasteiger partial charge in [-0.2, -0.15) is 0 Å². The average Bonchev–Trinajstić information content (AvgIpc) is 2.28. The molecule has 0 aliphatic carbocycles. The first-order valence-electron chi connectivity index (χ1n) is 6.39. The fraction of sp³-hybridized carbons (Fsp3) is 0.833. The molecule has 0 aromatic carbocycles. The molecule has 1 aliphatic heterocycles. The summed E-state index contributed by atoms with van der Waals surface area (Å²) in [6.45, 7) is 5.24. The molecule has 1 aliphatic rings. The molecule has 2 N–H and O–H groups in total. The second kappa shape index (κ2) is 7.20. The lowest BCUT2D eigenvalue weighted by atomic mass is 9.92. The minimum Gasteiger partial charge on any atom is -0.466 e. The summed E-state index contributed by atoms with van der Waals surface area (Å²) >= 11 is 0. The van der Waals surface area contributed by atoms with Crippen LogP contribution in [0, 0.1) is 5.92 Å². The van der Waals surface area contributed by atoms with E-state index in [1.54, 1.807) is 18.7 Å². The standard InChI is InChI=1S/C12H22N2O4/c1-3-17-11(15)6-9-5-10(13)8-14(7-9)12(16)18-4-2/h9-10H,3-8,13H2,1-2H3. The highest BCUT2D eigenvalue weighted by Crippen LogP contribution is 2.20. The first kappa shape index (κ1) is 14.8. The Morgan fingerprint density at radius 1 is 1.22 bits per heavy atom. The minimum atomic E-state index is -0.360. The molecule has 1 rings (SSSR count). The van der Waals surface area contributed by atoms with Crippen molar-refractivity contribution in [2.24, 2.45) is 11.7 Å². The summed E-state index contributed by atoms with van der Waals surface area (Å²) in [5.41, 5.74) is 5.90. The molecule has 6 nitrogen and oxygen atoms in total. The van der Waals surface area contributed by atoms with Crippen LogP contribution in [0.15, 0.2) is 0 Å². The van der Waals surface area contributed by atoms with Crippen molar-refractivity contribution >= 4 is 12.1 Å². The van der Waals surface area contributed by atoms with E-state index >= 15 is 0 Å². The first-order valence-corrected chi connectivity index (χ1v) is 6.39. The van der Waals surface area contributed by atoms with Crippen molar-refractivity contribution in [3.8, 4) is 0 Å². The van der Waals surface area contributed by atoms with Crippen LogP contribution in [0.1, 0.15) is 26.7 Å². The number of ether oxygens (including phenoxy) is 2. The van der Waals surface area contributed by atoms with Gasteiger partial charge in [0.2, 0.25) is 0 Å². The zero-order chi connectivity index (χ0) is 13.5. The third-order valence-corrected chi connectivity index (χ3v) is 2.86. The molecule has 0 aromatic rings. The number of amides is 1. The molecular weight excluding hydrogens is 236 g/mol. The fourth-order valence-corrected chi connectivity index (χ4v) is 2.21. The molecule has 1 saturated heterocycles. The molecule has 1 fully saturated rings. The maximum Gasteiger partial charge on any atom is 0.409 e. The van der Waals surface area contributed by atoms with Crippen molar-refractivity contribution < 1.29 is 19.1 Å². The third kappa shape index (κ3) is 4.52. The van der Waals surface area contributed by atoms with Crippen LogP contribution < -0.4 is 5.73 Å². The monoisotopic (exact) mass is 258 g/mol. The van der Waals surface area contributed by atoms with E-state index in [4.69, 9.17) is 15.2 Å². The number of nitrogens with two attached hydrogens (primary N) is 1. The van der Waals surface area contributed by atoms with Crippen LogP contribution in [0.5, 0.6) is 0 Å². The van der Waals surface area contributed by atoms with Crippen LogP contribution >= 0.6 is 0 Å². The highest BCUT2D eigenvalue weighted by atomic mass is 16.6. The largest absolute Gasteiger partial charge is 0.466 e. The molecule has 104 valence electrons. The third-order valence-electron chi connectivity index (χ3n) is 2.86. The zero-order valence-electron chi connectivity index (χ0n) is 11.1. The summed E-state index contributed by atoms with van der Waals surface area (Å²) in [5, 5.41) is 0. The summed E-state index contributed by atoms with van der Waals surface area (Å²) in [6, 6.07) is -0.109. The van der Waals surface area contributed by atoms with Gasteiger partial charge in [0, 0.05) is 19.1 Å². The number of esters is 1. The molecule has 0 saturated carbocycles. The Kier molecular flexibility index (Phi) is 5.91. The van der Waals surface area contributed by atoms with E-state index in [1.165, 1.54) is 0 Å². The molecule has 0 aromatic heterocycles. The normalized spacial score (nSPS) is 23.6. The van der Waals surface area contributed by atoms with Gasteiger partial charge >= 0.3 is 12.1 Å². The van der Waals surface area contributed by atoms with Crippen molar-refractivity contribution in [3.05, 3.63) is 0 Å². The highest BCUT2D eigenvalue weighted by Gasteiger charge is 2.30. The lowest BCUT2D eigenvalue weighted by Crippen LogP contribution is -2.50. The summed E-state index contributed by atoms with van der Waals surface area (Å²) in [5.74, 6) is -0.183. The number of hydrogen-bond donors (Lipinski definition) is 1. The second-order valence-corrected chi connectivity index (χ2v) is 4.47. The van der Waals surface area contributed by atoms with E-state index in [0.717, 1.165) is 6.42 Å². The van der Waals surface area contributed by atoms with Crippen LogP contribution in [-0.4, -0.2) is 49.3 Å². The minimum absolute atomic E-state index is 0.0530. The predicted octanol–water partition coefficient (Wildman–Crippen LogP) is 0.745. The van der Waals surface area contributed by atoms with E-state index in [1.807, 2.05) is 0 Å². The van der Waals surface area contributed by atoms with E-state index in [-0.39, 0.29) is 24.0 Å². The Bertz CT molecular complexity index is 296. The van der Waals surface area contributed by atoms with Gasteiger partial charge < -0.3 is 20.1 Å². The number of hydrogen-bond acceptors (Lipinski definition) is 5. The zero-order valence-corrected chi connectivity index (χ0v) is 11.1. The predicted molar refractivity (Wildman–Crippen MR) is 65.9 cm³/mol. The smallest absolute Gasteiger partial charge is 0.409 e. The van der Waals surface area contributed by atoms with Gasteiger partial charge in [0.25, 0.3) is 0 Å². The molecule has 0 radical (unpaired) electrons. The molecule has 0 spiro atoms. The van der Waals surface area contributed by atoms with Crippen molar-refractivity contribution in [3.63, 3.8) is 0 Å². The molecule has 18 heavy (non-hydrogen) atoms. The molecular formula is C12H22N2O4. The second-order valence-electron chi connectivity index (χ2n) is 4.47. The first-order chi connectivity index (χ1) is 8.56. The van der Waals surface area contributed by atoms with Crippen molar-refractivity contribution in [1.82, 2.24) is 4.90 Å². The topological polar surface area (TPSA) is 81.9 Å². The van der Waals surface area contributed by atoms with E-state index in [2.05, 4.69) is 0 Å². The summed E-state index contributed by atoms with van der Waals surface area (Å²) < 4.78 is 9.85. The van der Waals surface area contributed by atoms with Gasteiger partial charge in [-0.3, -0.25) is 4.79 Å². The van der Waals surface area contributed by atoms with Crippen LogP contribution in [0.25, 0.3) is 0 Å². The van der Waals surface area contributed by atoms with E-state index in [0.29, 0.717) is 32.7 Å². The van der Waals surface area contributed by atoms with Gasteiger partial charge in [-0.15, -0.1) is 0 Å². The van der Waals surface area contributed by atoms with Gasteiger partial charge in [-0.05, 0) is 26.2 Å². The van der Waals surface area contributed by atoms with Crippen molar-refractivity contribution in [1.29, 1.82) is 0 Å². The van der Waals surface area contributed by atoms with Gasteiger partial charge in [0.05, 0.1) is 19.6 Å². The van der Waals surface area contributed by atoms with Crippen molar-refractivity contribution in [2.45, 2.75) is 32.7 Å². The van der Waals surface area contributed by atoms with Gasteiger partial charge in [-0.1, -0.05) is 0 Å². The SMILES string of the molecule is CCOC(=O)CC1CC(N)CN(C(=O)OCC)C1. The Balaban J connectivity index is 2.50. The average molecular weight is 258 g/mol. The Morgan fingerprint density at radius 3 is 2.50 bits per heavy atom. The number of piperidine rings is 1. The molecule has 2 atom stereocenters. The Hall–Kier alpha value is -1.30. The van der Waals surface area contributed by atoms with Gasteiger partial charge in [0.15, 0.2) is 0 Å². The maximum absolute atomic E-state index is 11.6. The lowest BCUT2D eigenvalue weighted by molar-refractivity contribution is -0.144. The van der Waals surface area contributed by atoms with Crippen LogP contribution in [-0.2, 0) is 14.3 Å². The van der Waals surface area contributed by atoms with Gasteiger partial charge in [0.1, 0.15) is 0 Å². The molecule has 6 heteroatoms. The van der Waals surface area contributed by atoms with Crippen molar-refractivity contribution in [2.75, 3.05) is 26.3 Å². The van der Waals surface area contributed by atoms with Crippen LogP contribution in [0.4, 0.5) is 4.79 Å². The fourth-order valence-electron chi connectivity index (χ4n) is 2.21. The molecule has 1 amide bonds.